The summed E-state index contributed by atoms with van der Waals surface area (Å²) < 4.78 is 11.9. The maximum Gasteiger partial charge on any atom is 0.331 e. The summed E-state index contributed by atoms with van der Waals surface area (Å²) in [6, 6.07) is 29.1. The lowest BCUT2D eigenvalue weighted by molar-refractivity contribution is -0.142. The van der Waals surface area contributed by atoms with Crippen LogP contribution >= 0.6 is 0 Å². The Balaban J connectivity index is 1.35. The minimum atomic E-state index is -1.25. The SMILES string of the molecule is NCc1cccc(-c2cc(COc3ccccc3C(NC(=O)CCc3ccccc3)C(=O)O)cc3ccoc23)c1. The molecule has 5 rings (SSSR count). The number of aryl methyl sites for hydroxylation is 1. The highest BCUT2D eigenvalue weighted by molar-refractivity contribution is 5.93. The number of hydrogen-bond acceptors (Lipinski definition) is 5. The molecule has 40 heavy (non-hydrogen) atoms. The Hall–Kier alpha value is -4.88. The van der Waals surface area contributed by atoms with E-state index in [9.17, 15) is 14.7 Å². The van der Waals surface area contributed by atoms with Crippen molar-refractivity contribution < 1.29 is 23.8 Å². The molecule has 1 aromatic heterocycles. The molecule has 1 amide bonds. The van der Waals surface area contributed by atoms with Gasteiger partial charge in [-0.25, -0.2) is 4.79 Å². The molecule has 7 nitrogen and oxygen atoms in total. The maximum atomic E-state index is 12.7. The lowest BCUT2D eigenvalue weighted by Crippen LogP contribution is -2.34. The first-order chi connectivity index (χ1) is 19.5. The van der Waals surface area contributed by atoms with Gasteiger partial charge in [-0.05, 0) is 59.0 Å². The van der Waals surface area contributed by atoms with Gasteiger partial charge in [0, 0.05) is 29.5 Å². The second-order valence-electron chi connectivity index (χ2n) is 9.54. The van der Waals surface area contributed by atoms with Crippen molar-refractivity contribution in [2.45, 2.75) is 32.0 Å². The highest BCUT2D eigenvalue weighted by atomic mass is 16.5. The molecule has 7 heteroatoms. The van der Waals surface area contributed by atoms with Crippen LogP contribution in [0.2, 0.25) is 0 Å². The number of benzene rings is 4. The van der Waals surface area contributed by atoms with Gasteiger partial charge in [0.25, 0.3) is 0 Å². The second-order valence-corrected chi connectivity index (χ2v) is 9.54. The number of carbonyl (C=O) groups is 2. The molecule has 202 valence electrons. The van der Waals surface area contributed by atoms with Crippen molar-refractivity contribution in [2.75, 3.05) is 0 Å². The molecule has 0 aliphatic heterocycles. The van der Waals surface area contributed by atoms with E-state index < -0.39 is 12.0 Å². The molecule has 1 heterocycles. The van der Waals surface area contributed by atoms with Gasteiger partial charge in [0.2, 0.25) is 5.91 Å². The normalized spacial score (nSPS) is 11.7. The number of para-hydroxylation sites is 1. The molecule has 4 aromatic carbocycles. The number of nitrogens with two attached hydrogens (primary N) is 1. The molecular formula is C33H30N2O5. The quantitative estimate of drug-likeness (QED) is 0.191. The van der Waals surface area contributed by atoms with Gasteiger partial charge in [-0.15, -0.1) is 0 Å². The van der Waals surface area contributed by atoms with Gasteiger partial charge in [0.15, 0.2) is 6.04 Å². The highest BCUT2D eigenvalue weighted by Crippen LogP contribution is 2.33. The van der Waals surface area contributed by atoms with Crippen LogP contribution in [0.15, 0.2) is 108 Å². The van der Waals surface area contributed by atoms with Crippen molar-refractivity contribution in [3.63, 3.8) is 0 Å². The molecule has 0 spiro atoms. The average Bonchev–Trinajstić information content (AvgIpc) is 3.47. The number of carboxylic acid groups (broad SMARTS) is 1. The Kier molecular flexibility index (Phi) is 8.23. The second kappa shape index (κ2) is 12.3. The van der Waals surface area contributed by atoms with Gasteiger partial charge in [-0.1, -0.05) is 66.7 Å². The molecule has 0 saturated carbocycles. The number of furan rings is 1. The zero-order valence-corrected chi connectivity index (χ0v) is 21.9. The summed E-state index contributed by atoms with van der Waals surface area (Å²) in [7, 11) is 0. The van der Waals surface area contributed by atoms with E-state index >= 15 is 0 Å². The lowest BCUT2D eigenvalue weighted by atomic mass is 9.99. The van der Waals surface area contributed by atoms with E-state index in [4.69, 9.17) is 14.9 Å². The summed E-state index contributed by atoms with van der Waals surface area (Å²) in [5.41, 5.74) is 11.8. The first kappa shape index (κ1) is 26.7. The largest absolute Gasteiger partial charge is 0.489 e. The molecular weight excluding hydrogens is 504 g/mol. The van der Waals surface area contributed by atoms with Gasteiger partial charge in [0.1, 0.15) is 17.9 Å². The van der Waals surface area contributed by atoms with E-state index in [1.165, 1.54) is 0 Å². The number of fused-ring (bicyclic) bond motifs is 1. The summed E-state index contributed by atoms with van der Waals surface area (Å²) in [4.78, 5) is 24.9. The van der Waals surface area contributed by atoms with Crippen molar-refractivity contribution in [1.29, 1.82) is 0 Å². The number of ether oxygens (including phenoxy) is 1. The number of carbonyl (C=O) groups excluding carboxylic acids is 1. The van der Waals surface area contributed by atoms with E-state index in [1.54, 1.807) is 30.5 Å². The fraction of sp³-hybridized carbons (Fsp3) is 0.152. The van der Waals surface area contributed by atoms with Gasteiger partial charge >= 0.3 is 5.97 Å². The van der Waals surface area contributed by atoms with Gasteiger partial charge in [-0.3, -0.25) is 4.79 Å². The van der Waals surface area contributed by atoms with Crippen LogP contribution in [0.4, 0.5) is 0 Å². The van der Waals surface area contributed by atoms with E-state index in [2.05, 4.69) is 5.32 Å². The average molecular weight is 535 g/mol. The lowest BCUT2D eigenvalue weighted by Gasteiger charge is -2.19. The van der Waals surface area contributed by atoms with Gasteiger partial charge < -0.3 is 25.3 Å². The van der Waals surface area contributed by atoms with E-state index in [1.807, 2.05) is 72.8 Å². The standard InChI is InChI=1S/C33H30N2O5/c34-20-23-9-6-10-25(17-23)28-19-24(18-26-15-16-39-32(26)28)21-40-29-12-5-4-11-27(29)31(33(37)38)35-30(36)14-13-22-7-2-1-3-8-22/h1-12,15-19,31H,13-14,20-21,34H2,(H,35,36)(H,37,38). The topological polar surface area (TPSA) is 115 Å². The predicted molar refractivity (Wildman–Crippen MR) is 154 cm³/mol. The predicted octanol–water partition coefficient (Wildman–Crippen LogP) is 6.01. The van der Waals surface area contributed by atoms with Crippen LogP contribution in [0, 0.1) is 0 Å². The third-order valence-electron chi connectivity index (χ3n) is 6.74. The monoisotopic (exact) mass is 534 g/mol. The maximum absolute atomic E-state index is 12.7. The molecule has 0 aliphatic rings. The van der Waals surface area contributed by atoms with Crippen molar-refractivity contribution in [3.8, 4) is 16.9 Å². The molecule has 5 aromatic rings. The summed E-state index contributed by atoms with van der Waals surface area (Å²) in [5.74, 6) is -1.12. The van der Waals surface area contributed by atoms with Crippen LogP contribution in [0.5, 0.6) is 5.75 Å². The van der Waals surface area contributed by atoms with Crippen LogP contribution in [-0.4, -0.2) is 17.0 Å². The summed E-state index contributed by atoms with van der Waals surface area (Å²) in [6.07, 6.45) is 2.35. The van der Waals surface area contributed by atoms with Crippen molar-refractivity contribution in [3.05, 3.63) is 126 Å². The van der Waals surface area contributed by atoms with E-state index in [0.717, 1.165) is 38.8 Å². The number of hydrogen-bond donors (Lipinski definition) is 3. The van der Waals surface area contributed by atoms with E-state index in [-0.39, 0.29) is 18.9 Å². The first-order valence-corrected chi connectivity index (χ1v) is 13.1. The Bertz CT molecular complexity index is 1630. The smallest absolute Gasteiger partial charge is 0.331 e. The molecule has 0 saturated heterocycles. The molecule has 0 fully saturated rings. The number of amides is 1. The minimum absolute atomic E-state index is 0.176. The number of nitrogens with one attached hydrogen (secondary N) is 1. The van der Waals surface area contributed by atoms with Gasteiger partial charge in [-0.2, -0.15) is 0 Å². The van der Waals surface area contributed by atoms with Crippen LogP contribution in [-0.2, 0) is 29.2 Å². The molecule has 0 radical (unpaired) electrons. The molecule has 1 unspecified atom stereocenters. The summed E-state index contributed by atoms with van der Waals surface area (Å²) >= 11 is 0. The highest BCUT2D eigenvalue weighted by Gasteiger charge is 2.25. The van der Waals surface area contributed by atoms with E-state index in [0.29, 0.717) is 24.3 Å². The van der Waals surface area contributed by atoms with Crippen LogP contribution in [0.25, 0.3) is 22.1 Å². The van der Waals surface area contributed by atoms with Crippen molar-refractivity contribution >= 4 is 22.8 Å². The number of carboxylic acids is 1. The third kappa shape index (κ3) is 6.22. The Morgan fingerprint density at radius 1 is 0.875 bits per heavy atom. The molecule has 0 aliphatic carbocycles. The molecule has 0 bridgehead atoms. The Morgan fingerprint density at radius 3 is 2.45 bits per heavy atom. The van der Waals surface area contributed by atoms with Crippen molar-refractivity contribution in [2.24, 2.45) is 5.73 Å². The van der Waals surface area contributed by atoms with Crippen LogP contribution in [0.3, 0.4) is 0 Å². The third-order valence-corrected chi connectivity index (χ3v) is 6.74. The number of rotatable bonds is 11. The summed E-state index contributed by atoms with van der Waals surface area (Å²) in [5, 5.41) is 13.6. The summed E-state index contributed by atoms with van der Waals surface area (Å²) in [6.45, 7) is 0.623. The zero-order valence-electron chi connectivity index (χ0n) is 21.9. The van der Waals surface area contributed by atoms with Crippen molar-refractivity contribution in [1.82, 2.24) is 5.32 Å². The van der Waals surface area contributed by atoms with Crippen LogP contribution in [0.1, 0.15) is 34.7 Å². The first-order valence-electron chi connectivity index (χ1n) is 13.1. The molecule has 1 atom stereocenters. The fourth-order valence-corrected chi connectivity index (χ4v) is 4.73. The fourth-order valence-electron chi connectivity index (χ4n) is 4.73. The number of aliphatic carboxylic acids is 1. The molecule has 4 N–H and O–H groups in total. The minimum Gasteiger partial charge on any atom is -0.489 e. The van der Waals surface area contributed by atoms with Crippen LogP contribution < -0.4 is 15.8 Å². The Morgan fingerprint density at radius 2 is 1.65 bits per heavy atom. The van der Waals surface area contributed by atoms with Gasteiger partial charge in [0.05, 0.1) is 6.26 Å². The zero-order chi connectivity index (χ0) is 27.9. The Labute approximate surface area is 232 Å².